The van der Waals surface area contributed by atoms with Gasteiger partial charge in [0.2, 0.25) is 0 Å². The molecule has 1 aromatic carbocycles. The van der Waals surface area contributed by atoms with Crippen molar-refractivity contribution in [2.45, 2.75) is 31.1 Å². The lowest BCUT2D eigenvalue weighted by Gasteiger charge is -2.24. The molecule has 3 rings (SSSR count). The summed E-state index contributed by atoms with van der Waals surface area (Å²) in [6, 6.07) is 8.47. The van der Waals surface area contributed by atoms with E-state index in [0.717, 1.165) is 42.9 Å². The van der Waals surface area contributed by atoms with Crippen molar-refractivity contribution in [2.24, 2.45) is 11.7 Å². The normalized spacial score (nSPS) is 17.6. The number of nitrogens with zero attached hydrogens (tertiary/aromatic N) is 2. The van der Waals surface area contributed by atoms with Crippen molar-refractivity contribution in [3.63, 3.8) is 0 Å². The maximum Gasteiger partial charge on any atom is 0.159 e. The molecule has 1 aliphatic rings. The number of nitrogens with two attached hydrogens (primary N) is 1. The molecule has 0 amide bonds. The quantitative estimate of drug-likeness (QED) is 0.884. The van der Waals surface area contributed by atoms with Crippen LogP contribution in [0, 0.1) is 12.8 Å². The second-order valence-electron chi connectivity index (χ2n) is 5.63. The van der Waals surface area contributed by atoms with E-state index in [-0.39, 0.29) is 0 Å². The first kappa shape index (κ1) is 14.5. The summed E-state index contributed by atoms with van der Waals surface area (Å²) in [5.74, 6) is 1.44. The van der Waals surface area contributed by atoms with Crippen molar-refractivity contribution in [2.75, 3.05) is 12.8 Å². The molecule has 21 heavy (non-hydrogen) atoms. The third-order valence-corrected chi connectivity index (χ3v) is 5.01. The van der Waals surface area contributed by atoms with Gasteiger partial charge in [0.25, 0.3) is 0 Å². The van der Waals surface area contributed by atoms with Gasteiger partial charge in [0.1, 0.15) is 0 Å². The third kappa shape index (κ3) is 2.97. The molecule has 0 spiro atoms. The average Bonchev–Trinajstić information content (AvgIpc) is 2.54. The lowest BCUT2D eigenvalue weighted by Crippen LogP contribution is -2.24. The van der Waals surface area contributed by atoms with E-state index >= 15 is 0 Å². The van der Waals surface area contributed by atoms with Gasteiger partial charge in [0.15, 0.2) is 5.82 Å². The highest BCUT2D eigenvalue weighted by atomic mass is 32.2. The SMILES string of the molecule is CSc1ccc(-c2nc(C)c3c(n2)CCC(CN)C3)cc1. The van der Waals surface area contributed by atoms with Gasteiger partial charge in [-0.15, -0.1) is 11.8 Å². The summed E-state index contributed by atoms with van der Waals surface area (Å²) < 4.78 is 0. The van der Waals surface area contributed by atoms with Crippen LogP contribution >= 0.6 is 11.8 Å². The summed E-state index contributed by atoms with van der Waals surface area (Å²) in [7, 11) is 0. The van der Waals surface area contributed by atoms with Crippen LogP contribution in [0.2, 0.25) is 0 Å². The molecule has 110 valence electrons. The molecule has 3 nitrogen and oxygen atoms in total. The highest BCUT2D eigenvalue weighted by Gasteiger charge is 2.22. The van der Waals surface area contributed by atoms with E-state index in [1.165, 1.54) is 16.2 Å². The Bertz CT molecular complexity index is 637. The van der Waals surface area contributed by atoms with Crippen LogP contribution in [0.1, 0.15) is 23.4 Å². The average molecular weight is 299 g/mol. The van der Waals surface area contributed by atoms with E-state index in [9.17, 15) is 0 Å². The van der Waals surface area contributed by atoms with Gasteiger partial charge in [-0.05, 0) is 62.6 Å². The van der Waals surface area contributed by atoms with Crippen LogP contribution in [0.15, 0.2) is 29.2 Å². The number of fused-ring (bicyclic) bond motifs is 1. The van der Waals surface area contributed by atoms with Gasteiger partial charge in [-0.2, -0.15) is 0 Å². The fraction of sp³-hybridized carbons (Fsp3) is 0.412. The minimum atomic E-state index is 0.589. The summed E-state index contributed by atoms with van der Waals surface area (Å²) in [4.78, 5) is 10.8. The van der Waals surface area contributed by atoms with E-state index < -0.39 is 0 Å². The Hall–Kier alpha value is -1.39. The molecule has 1 atom stereocenters. The second kappa shape index (κ2) is 6.16. The van der Waals surface area contributed by atoms with Crippen LogP contribution in [0.4, 0.5) is 0 Å². The molecule has 0 bridgehead atoms. The first-order valence-electron chi connectivity index (χ1n) is 7.42. The van der Waals surface area contributed by atoms with E-state index in [1.807, 2.05) is 0 Å². The van der Waals surface area contributed by atoms with Crippen molar-refractivity contribution in [3.8, 4) is 11.4 Å². The summed E-state index contributed by atoms with van der Waals surface area (Å²) in [5, 5.41) is 0. The molecule has 0 saturated carbocycles. The van der Waals surface area contributed by atoms with Crippen LogP contribution in [-0.4, -0.2) is 22.8 Å². The minimum Gasteiger partial charge on any atom is -0.330 e. The smallest absolute Gasteiger partial charge is 0.159 e. The third-order valence-electron chi connectivity index (χ3n) is 4.26. The highest BCUT2D eigenvalue weighted by molar-refractivity contribution is 7.98. The Morgan fingerprint density at radius 3 is 2.67 bits per heavy atom. The minimum absolute atomic E-state index is 0.589. The van der Waals surface area contributed by atoms with Crippen LogP contribution in [0.3, 0.4) is 0 Å². The number of hydrogen-bond acceptors (Lipinski definition) is 4. The maximum atomic E-state index is 5.82. The number of aromatic nitrogens is 2. The van der Waals surface area contributed by atoms with Gasteiger partial charge in [-0.25, -0.2) is 9.97 Å². The van der Waals surface area contributed by atoms with E-state index in [1.54, 1.807) is 11.8 Å². The van der Waals surface area contributed by atoms with Crippen molar-refractivity contribution in [1.82, 2.24) is 9.97 Å². The van der Waals surface area contributed by atoms with E-state index in [2.05, 4.69) is 37.4 Å². The highest BCUT2D eigenvalue weighted by Crippen LogP contribution is 2.28. The fourth-order valence-corrected chi connectivity index (χ4v) is 3.34. The van der Waals surface area contributed by atoms with Crippen LogP contribution < -0.4 is 5.73 Å². The summed E-state index contributed by atoms with van der Waals surface area (Å²) >= 11 is 1.75. The Labute approximate surface area is 130 Å². The molecule has 0 aliphatic heterocycles. The maximum absolute atomic E-state index is 5.82. The Kier molecular flexibility index (Phi) is 4.27. The zero-order valence-corrected chi connectivity index (χ0v) is 13.4. The lowest BCUT2D eigenvalue weighted by molar-refractivity contribution is 0.460. The molecular weight excluding hydrogens is 278 g/mol. The zero-order valence-electron chi connectivity index (χ0n) is 12.6. The fourth-order valence-electron chi connectivity index (χ4n) is 2.93. The van der Waals surface area contributed by atoms with E-state index in [0.29, 0.717) is 5.92 Å². The molecule has 1 aromatic heterocycles. The molecule has 2 aromatic rings. The van der Waals surface area contributed by atoms with Crippen LogP contribution in [0.5, 0.6) is 0 Å². The van der Waals surface area contributed by atoms with Gasteiger partial charge >= 0.3 is 0 Å². The Morgan fingerprint density at radius 1 is 1.24 bits per heavy atom. The van der Waals surface area contributed by atoms with Crippen molar-refractivity contribution in [3.05, 3.63) is 41.2 Å². The van der Waals surface area contributed by atoms with Crippen molar-refractivity contribution in [1.29, 1.82) is 0 Å². The molecule has 1 aliphatic carbocycles. The van der Waals surface area contributed by atoms with Gasteiger partial charge in [-0.3, -0.25) is 0 Å². The van der Waals surface area contributed by atoms with Gasteiger partial charge in [0, 0.05) is 21.8 Å². The van der Waals surface area contributed by atoms with Crippen LogP contribution in [0.25, 0.3) is 11.4 Å². The first-order valence-corrected chi connectivity index (χ1v) is 8.64. The number of aryl methyl sites for hydroxylation is 2. The topological polar surface area (TPSA) is 51.8 Å². The summed E-state index contributed by atoms with van der Waals surface area (Å²) in [5.41, 5.74) is 10.6. The number of hydrogen-bond donors (Lipinski definition) is 1. The Morgan fingerprint density at radius 2 is 2.00 bits per heavy atom. The number of rotatable bonds is 3. The molecule has 0 fully saturated rings. The van der Waals surface area contributed by atoms with Crippen molar-refractivity contribution >= 4 is 11.8 Å². The second-order valence-corrected chi connectivity index (χ2v) is 6.51. The molecular formula is C17H21N3S. The molecule has 0 saturated heterocycles. The predicted octanol–water partition coefficient (Wildman–Crippen LogP) is 3.24. The molecule has 2 N–H and O–H groups in total. The zero-order chi connectivity index (χ0) is 14.8. The van der Waals surface area contributed by atoms with Gasteiger partial charge in [0.05, 0.1) is 0 Å². The van der Waals surface area contributed by atoms with Crippen molar-refractivity contribution < 1.29 is 0 Å². The lowest BCUT2D eigenvalue weighted by atomic mass is 9.86. The molecule has 0 radical (unpaired) electrons. The summed E-state index contributed by atoms with van der Waals surface area (Å²) in [6.07, 6.45) is 5.28. The van der Waals surface area contributed by atoms with Gasteiger partial charge < -0.3 is 5.73 Å². The Balaban J connectivity index is 1.96. The number of thioether (sulfide) groups is 1. The molecule has 1 heterocycles. The standard InChI is InChI=1S/C17H21N3S/c1-11-15-9-12(10-18)3-8-16(15)20-17(19-11)13-4-6-14(21-2)7-5-13/h4-7,12H,3,8-10,18H2,1-2H3. The summed E-state index contributed by atoms with van der Waals surface area (Å²) in [6.45, 7) is 2.86. The largest absolute Gasteiger partial charge is 0.330 e. The number of benzene rings is 1. The van der Waals surface area contributed by atoms with Gasteiger partial charge in [-0.1, -0.05) is 12.1 Å². The van der Waals surface area contributed by atoms with Crippen LogP contribution in [-0.2, 0) is 12.8 Å². The predicted molar refractivity (Wildman–Crippen MR) is 88.6 cm³/mol. The van der Waals surface area contributed by atoms with E-state index in [4.69, 9.17) is 15.7 Å². The molecule has 4 heteroatoms. The monoisotopic (exact) mass is 299 g/mol. The first-order chi connectivity index (χ1) is 10.2. The molecule has 1 unspecified atom stereocenters.